The molecule has 21 heavy (non-hydrogen) atoms. The first-order valence-electron chi connectivity index (χ1n) is 5.78. The molecule has 0 aromatic heterocycles. The maximum Gasteiger partial charge on any atom is 0.335 e. The average Bonchev–Trinajstić information content (AvgIpc) is 2.40. The van der Waals surface area contributed by atoms with Crippen molar-refractivity contribution in [2.75, 3.05) is 5.32 Å². The number of benzene rings is 2. The van der Waals surface area contributed by atoms with Gasteiger partial charge >= 0.3 is 5.97 Å². The molecule has 0 spiro atoms. The van der Waals surface area contributed by atoms with E-state index in [2.05, 4.69) is 5.32 Å². The van der Waals surface area contributed by atoms with Gasteiger partial charge in [0.25, 0.3) is 5.91 Å². The van der Waals surface area contributed by atoms with Crippen molar-refractivity contribution in [1.29, 1.82) is 0 Å². The van der Waals surface area contributed by atoms with Gasteiger partial charge in [0.05, 0.1) is 22.5 Å². The van der Waals surface area contributed by atoms with Gasteiger partial charge in [-0.15, -0.1) is 0 Å². The zero-order valence-electron chi connectivity index (χ0n) is 10.6. The van der Waals surface area contributed by atoms with Crippen LogP contribution in [0.1, 0.15) is 20.7 Å². The van der Waals surface area contributed by atoms with Gasteiger partial charge in [-0.05, 0) is 30.3 Å². The van der Waals surface area contributed by atoms with E-state index in [0.717, 1.165) is 12.1 Å². The maximum atomic E-state index is 13.8. The summed E-state index contributed by atoms with van der Waals surface area (Å²) in [6, 6.07) is 6.90. The van der Waals surface area contributed by atoms with E-state index in [1.165, 1.54) is 24.3 Å². The molecule has 5 nitrogen and oxygen atoms in total. The summed E-state index contributed by atoms with van der Waals surface area (Å²) in [6.07, 6.45) is 0. The Kier molecular flexibility index (Phi) is 3.84. The van der Waals surface area contributed by atoms with Crippen LogP contribution in [0, 0.1) is 11.6 Å². The highest BCUT2D eigenvalue weighted by atomic mass is 19.1. The molecule has 0 aliphatic heterocycles. The second kappa shape index (κ2) is 5.58. The van der Waals surface area contributed by atoms with E-state index in [1.54, 1.807) is 0 Å². The van der Waals surface area contributed by atoms with Crippen LogP contribution in [0.2, 0.25) is 0 Å². The minimum absolute atomic E-state index is 0.00975. The van der Waals surface area contributed by atoms with Crippen LogP contribution in [0.15, 0.2) is 36.4 Å². The minimum atomic E-state index is -1.27. The second-order valence-electron chi connectivity index (χ2n) is 4.15. The summed E-state index contributed by atoms with van der Waals surface area (Å²) < 4.78 is 27.4. The largest absolute Gasteiger partial charge is 0.478 e. The lowest BCUT2D eigenvalue weighted by molar-refractivity contribution is 0.0696. The van der Waals surface area contributed by atoms with Gasteiger partial charge in [0, 0.05) is 0 Å². The molecule has 0 fully saturated rings. The monoisotopic (exact) mass is 292 g/mol. The number of aromatic carboxylic acids is 1. The third-order valence-corrected chi connectivity index (χ3v) is 2.75. The van der Waals surface area contributed by atoms with Gasteiger partial charge in [-0.3, -0.25) is 4.79 Å². The average molecular weight is 292 g/mol. The first-order chi connectivity index (χ1) is 9.90. The molecule has 0 aliphatic carbocycles. The van der Waals surface area contributed by atoms with E-state index in [9.17, 15) is 18.4 Å². The summed E-state index contributed by atoms with van der Waals surface area (Å²) >= 11 is 0. The molecule has 0 heterocycles. The Balaban J connectivity index is 2.42. The van der Waals surface area contributed by atoms with Crippen LogP contribution in [0.4, 0.5) is 20.2 Å². The molecular weight excluding hydrogens is 282 g/mol. The Labute approximate surface area is 118 Å². The molecule has 0 saturated carbocycles. The predicted octanol–water partition coefficient (Wildman–Crippen LogP) is 2.51. The Morgan fingerprint density at radius 3 is 2.33 bits per heavy atom. The van der Waals surface area contributed by atoms with Crippen molar-refractivity contribution in [3.63, 3.8) is 0 Å². The number of hydrogen-bond acceptors (Lipinski definition) is 3. The number of hydrogen-bond donors (Lipinski definition) is 3. The zero-order valence-corrected chi connectivity index (χ0v) is 10.6. The Morgan fingerprint density at radius 1 is 1.05 bits per heavy atom. The molecule has 2 aromatic rings. The van der Waals surface area contributed by atoms with Crippen molar-refractivity contribution < 1.29 is 23.5 Å². The van der Waals surface area contributed by atoms with Gasteiger partial charge in [-0.1, -0.05) is 6.07 Å². The molecular formula is C14H10F2N2O3. The zero-order chi connectivity index (χ0) is 15.6. The number of nitrogens with one attached hydrogen (secondary N) is 1. The number of halogens is 2. The summed E-state index contributed by atoms with van der Waals surface area (Å²) in [4.78, 5) is 21.9. The standard InChI is InChI=1S/C14H10F2N2O3/c15-8-2-1-3-11(12(8)13(17)19)18-10-5-4-7(14(20)21)6-9(10)16/h1-6,18H,(H2,17,19)(H,20,21). The molecule has 0 radical (unpaired) electrons. The maximum absolute atomic E-state index is 13.8. The summed E-state index contributed by atoms with van der Waals surface area (Å²) in [5.41, 5.74) is 4.33. The molecule has 1 amide bonds. The quantitative estimate of drug-likeness (QED) is 0.807. The van der Waals surface area contributed by atoms with Gasteiger partial charge in [0.1, 0.15) is 11.6 Å². The van der Waals surface area contributed by atoms with Crippen LogP contribution in [0.5, 0.6) is 0 Å². The number of carboxylic acid groups (broad SMARTS) is 1. The number of amides is 1. The normalized spacial score (nSPS) is 10.2. The van der Waals surface area contributed by atoms with Gasteiger partial charge in [-0.2, -0.15) is 0 Å². The van der Waals surface area contributed by atoms with Crippen molar-refractivity contribution >= 4 is 23.3 Å². The molecule has 0 atom stereocenters. The van der Waals surface area contributed by atoms with Crippen LogP contribution in [-0.2, 0) is 0 Å². The third-order valence-electron chi connectivity index (χ3n) is 2.75. The lowest BCUT2D eigenvalue weighted by atomic mass is 10.1. The smallest absolute Gasteiger partial charge is 0.335 e. The summed E-state index contributed by atoms with van der Waals surface area (Å²) in [6.45, 7) is 0. The summed E-state index contributed by atoms with van der Waals surface area (Å²) in [5.74, 6) is -3.97. The van der Waals surface area contributed by atoms with Crippen LogP contribution in [-0.4, -0.2) is 17.0 Å². The van der Waals surface area contributed by atoms with Crippen molar-refractivity contribution in [3.05, 3.63) is 59.2 Å². The molecule has 108 valence electrons. The summed E-state index contributed by atoms with van der Waals surface area (Å²) in [5, 5.41) is 11.3. The molecule has 4 N–H and O–H groups in total. The fourth-order valence-electron chi connectivity index (χ4n) is 1.77. The number of rotatable bonds is 4. The van der Waals surface area contributed by atoms with Gasteiger partial charge < -0.3 is 16.2 Å². The number of anilines is 2. The molecule has 0 saturated heterocycles. The lowest BCUT2D eigenvalue weighted by Gasteiger charge is -2.11. The van der Waals surface area contributed by atoms with E-state index < -0.39 is 29.1 Å². The van der Waals surface area contributed by atoms with Gasteiger partial charge in [0.15, 0.2) is 0 Å². The van der Waals surface area contributed by atoms with E-state index in [-0.39, 0.29) is 16.9 Å². The number of carbonyl (C=O) groups excluding carboxylic acids is 1. The van der Waals surface area contributed by atoms with Crippen molar-refractivity contribution in [3.8, 4) is 0 Å². The first-order valence-corrected chi connectivity index (χ1v) is 5.78. The highest BCUT2D eigenvalue weighted by molar-refractivity contribution is 5.99. The topological polar surface area (TPSA) is 92.4 Å². The Bertz CT molecular complexity index is 732. The molecule has 7 heteroatoms. The highest BCUT2D eigenvalue weighted by Gasteiger charge is 2.15. The number of primary amides is 1. The summed E-state index contributed by atoms with van der Waals surface area (Å²) in [7, 11) is 0. The van der Waals surface area contributed by atoms with Crippen molar-refractivity contribution in [2.24, 2.45) is 5.73 Å². The molecule has 2 aromatic carbocycles. The third kappa shape index (κ3) is 2.97. The second-order valence-corrected chi connectivity index (χ2v) is 4.15. The fourth-order valence-corrected chi connectivity index (χ4v) is 1.77. The molecule has 2 rings (SSSR count). The van der Waals surface area contributed by atoms with Gasteiger partial charge in [-0.25, -0.2) is 13.6 Å². The highest BCUT2D eigenvalue weighted by Crippen LogP contribution is 2.25. The van der Waals surface area contributed by atoms with Crippen LogP contribution >= 0.6 is 0 Å². The molecule has 0 unspecified atom stereocenters. The lowest BCUT2D eigenvalue weighted by Crippen LogP contribution is -2.15. The van der Waals surface area contributed by atoms with Crippen molar-refractivity contribution in [2.45, 2.75) is 0 Å². The number of carbonyl (C=O) groups is 2. The SMILES string of the molecule is NC(=O)c1c(F)cccc1Nc1ccc(C(=O)O)cc1F. The van der Waals surface area contributed by atoms with Crippen molar-refractivity contribution in [1.82, 2.24) is 0 Å². The van der Waals surface area contributed by atoms with Gasteiger partial charge in [0.2, 0.25) is 0 Å². The Hall–Kier alpha value is -2.96. The molecule has 0 aliphatic rings. The Morgan fingerprint density at radius 2 is 1.76 bits per heavy atom. The van der Waals surface area contributed by atoms with E-state index in [1.807, 2.05) is 0 Å². The number of carboxylic acids is 1. The fraction of sp³-hybridized carbons (Fsp3) is 0. The van der Waals surface area contributed by atoms with Crippen LogP contribution < -0.4 is 11.1 Å². The van der Waals surface area contributed by atoms with Crippen LogP contribution in [0.25, 0.3) is 0 Å². The van der Waals surface area contributed by atoms with E-state index >= 15 is 0 Å². The number of nitrogens with two attached hydrogens (primary N) is 1. The minimum Gasteiger partial charge on any atom is -0.478 e. The van der Waals surface area contributed by atoms with E-state index in [4.69, 9.17) is 10.8 Å². The predicted molar refractivity (Wildman–Crippen MR) is 71.6 cm³/mol. The van der Waals surface area contributed by atoms with E-state index in [0.29, 0.717) is 0 Å². The van der Waals surface area contributed by atoms with Crippen LogP contribution in [0.3, 0.4) is 0 Å². The molecule has 0 bridgehead atoms. The first kappa shape index (κ1) is 14.4.